The molecule has 1 aromatic rings. The van der Waals surface area contributed by atoms with E-state index in [1.54, 1.807) is 0 Å². The third kappa shape index (κ3) is 4.11. The van der Waals surface area contributed by atoms with Crippen LogP contribution in [-0.2, 0) is 4.74 Å². The minimum Gasteiger partial charge on any atom is -0.448 e. The van der Waals surface area contributed by atoms with Crippen LogP contribution in [0.4, 0.5) is 16.3 Å². The Morgan fingerprint density at radius 3 is 2.79 bits per heavy atom. The maximum Gasteiger partial charge on any atom is 0.404 e. The van der Waals surface area contributed by atoms with Crippen molar-refractivity contribution in [1.82, 2.24) is 10.3 Å². The normalized spacial score (nSPS) is 9.68. The van der Waals surface area contributed by atoms with Gasteiger partial charge in [-0.05, 0) is 0 Å². The van der Waals surface area contributed by atoms with Crippen LogP contribution in [0.5, 0.6) is 0 Å². The smallest absolute Gasteiger partial charge is 0.404 e. The maximum atomic E-state index is 11.7. The lowest BCUT2D eigenvalue weighted by Gasteiger charge is -2.06. The lowest BCUT2D eigenvalue weighted by atomic mass is 10.2. The zero-order chi connectivity index (χ0) is 14.4. The minimum absolute atomic E-state index is 0.0100. The second-order valence-electron chi connectivity index (χ2n) is 3.31. The Morgan fingerprint density at radius 2 is 2.21 bits per heavy atom. The number of ether oxygens (including phenoxy) is 1. The minimum atomic E-state index is -0.967. The first-order valence-corrected chi connectivity index (χ1v) is 5.02. The van der Waals surface area contributed by atoms with Gasteiger partial charge >= 0.3 is 6.09 Å². The van der Waals surface area contributed by atoms with Gasteiger partial charge < -0.3 is 21.5 Å². The van der Waals surface area contributed by atoms with E-state index in [4.69, 9.17) is 11.5 Å². The molecule has 0 fully saturated rings. The van der Waals surface area contributed by atoms with Crippen molar-refractivity contribution >= 4 is 23.5 Å². The molecular weight excluding hydrogens is 258 g/mol. The highest BCUT2D eigenvalue weighted by Crippen LogP contribution is 2.16. The second-order valence-corrected chi connectivity index (χ2v) is 3.31. The molecule has 1 aromatic heterocycles. The predicted molar refractivity (Wildman–Crippen MR) is 63.2 cm³/mol. The van der Waals surface area contributed by atoms with E-state index in [1.807, 2.05) is 0 Å². The van der Waals surface area contributed by atoms with Gasteiger partial charge in [-0.3, -0.25) is 14.9 Å². The molecule has 5 N–H and O–H groups in total. The third-order valence-electron chi connectivity index (χ3n) is 1.99. The van der Waals surface area contributed by atoms with E-state index < -0.39 is 16.9 Å². The Bertz CT molecular complexity index is 518. The molecule has 0 radical (unpaired) electrons. The van der Waals surface area contributed by atoms with Crippen LogP contribution in [0.1, 0.15) is 10.4 Å². The summed E-state index contributed by atoms with van der Waals surface area (Å²) in [6, 6.07) is 1.01. The van der Waals surface area contributed by atoms with E-state index in [-0.39, 0.29) is 30.2 Å². The molecule has 0 aliphatic carbocycles. The van der Waals surface area contributed by atoms with Crippen LogP contribution in [0.2, 0.25) is 0 Å². The van der Waals surface area contributed by atoms with Gasteiger partial charge in [0.25, 0.3) is 11.6 Å². The van der Waals surface area contributed by atoms with Crippen LogP contribution in [0.3, 0.4) is 0 Å². The van der Waals surface area contributed by atoms with Crippen molar-refractivity contribution in [2.45, 2.75) is 0 Å². The molecule has 0 saturated carbocycles. The molecule has 10 nitrogen and oxygen atoms in total. The molecule has 0 bridgehead atoms. The zero-order valence-corrected chi connectivity index (χ0v) is 9.66. The maximum absolute atomic E-state index is 11.7. The Morgan fingerprint density at radius 1 is 1.53 bits per heavy atom. The van der Waals surface area contributed by atoms with Gasteiger partial charge in [-0.1, -0.05) is 0 Å². The summed E-state index contributed by atoms with van der Waals surface area (Å²) in [5.41, 5.74) is 9.68. The van der Waals surface area contributed by atoms with E-state index in [1.165, 1.54) is 0 Å². The van der Waals surface area contributed by atoms with Crippen molar-refractivity contribution in [2.75, 3.05) is 18.9 Å². The van der Waals surface area contributed by atoms with Crippen LogP contribution in [0, 0.1) is 10.1 Å². The van der Waals surface area contributed by atoms with Gasteiger partial charge in [-0.25, -0.2) is 9.78 Å². The number of primary amides is 1. The molecule has 0 atom stereocenters. The van der Waals surface area contributed by atoms with Gasteiger partial charge in [0.1, 0.15) is 18.6 Å². The number of hydrogen-bond acceptors (Lipinski definition) is 7. The lowest BCUT2D eigenvalue weighted by molar-refractivity contribution is -0.385. The third-order valence-corrected chi connectivity index (χ3v) is 1.99. The fraction of sp³-hybridized carbons (Fsp3) is 0.222. The summed E-state index contributed by atoms with van der Waals surface area (Å²) in [6.45, 7) is -0.132. The molecule has 1 heterocycles. The molecule has 0 aliphatic rings. The predicted octanol–water partition coefficient (Wildman–Crippen LogP) is -0.603. The van der Waals surface area contributed by atoms with E-state index in [2.05, 4.69) is 15.0 Å². The molecule has 2 amide bonds. The van der Waals surface area contributed by atoms with Gasteiger partial charge in [0.2, 0.25) is 0 Å². The number of pyridine rings is 1. The quantitative estimate of drug-likeness (QED) is 0.364. The SMILES string of the molecule is NC(=O)OCCNC(=O)c1cc([N+](=O)[O-])cnc1N. The number of nitrogens with one attached hydrogen (secondary N) is 1. The van der Waals surface area contributed by atoms with Gasteiger partial charge in [0, 0.05) is 6.07 Å². The molecule has 0 aromatic carbocycles. The average molecular weight is 269 g/mol. The fourth-order valence-corrected chi connectivity index (χ4v) is 1.16. The van der Waals surface area contributed by atoms with Crippen molar-refractivity contribution in [3.05, 3.63) is 27.9 Å². The Hall–Kier alpha value is -2.91. The number of aromatic nitrogens is 1. The van der Waals surface area contributed by atoms with E-state index in [0.29, 0.717) is 0 Å². The Labute approximate surface area is 106 Å². The van der Waals surface area contributed by atoms with E-state index in [0.717, 1.165) is 12.3 Å². The molecule has 0 spiro atoms. The molecule has 1 rings (SSSR count). The monoisotopic (exact) mass is 269 g/mol. The number of nitrogens with zero attached hydrogens (tertiary/aromatic N) is 2. The van der Waals surface area contributed by atoms with Crippen LogP contribution in [0.25, 0.3) is 0 Å². The summed E-state index contributed by atoms with van der Waals surface area (Å²) in [4.78, 5) is 35.3. The second kappa shape index (κ2) is 6.14. The number of nitro groups is 1. The highest BCUT2D eigenvalue weighted by Gasteiger charge is 2.16. The number of carbonyl (C=O) groups is 2. The first kappa shape index (κ1) is 14.2. The number of anilines is 1. The zero-order valence-electron chi connectivity index (χ0n) is 9.66. The summed E-state index contributed by atoms with van der Waals surface area (Å²) >= 11 is 0. The molecule has 0 aliphatic heterocycles. The van der Waals surface area contributed by atoms with E-state index >= 15 is 0 Å². The van der Waals surface area contributed by atoms with Crippen LogP contribution < -0.4 is 16.8 Å². The molecule has 10 heteroatoms. The number of nitrogen functional groups attached to an aromatic ring is 1. The van der Waals surface area contributed by atoms with Crippen molar-refractivity contribution in [3.8, 4) is 0 Å². The summed E-state index contributed by atoms with van der Waals surface area (Å²) in [6.07, 6.45) is -0.0201. The number of nitrogens with two attached hydrogens (primary N) is 2. The first-order chi connectivity index (χ1) is 8.91. The highest BCUT2D eigenvalue weighted by atomic mass is 16.6. The van der Waals surface area contributed by atoms with Crippen molar-refractivity contribution in [2.24, 2.45) is 5.73 Å². The summed E-state index contributed by atoms with van der Waals surface area (Å²) < 4.78 is 4.39. The lowest BCUT2D eigenvalue weighted by Crippen LogP contribution is -2.29. The summed E-state index contributed by atoms with van der Waals surface area (Å²) in [5, 5.41) is 12.9. The molecular formula is C9H11N5O5. The molecule has 102 valence electrons. The largest absolute Gasteiger partial charge is 0.448 e. The average Bonchev–Trinajstić information content (AvgIpc) is 2.34. The van der Waals surface area contributed by atoms with Crippen LogP contribution in [0.15, 0.2) is 12.3 Å². The van der Waals surface area contributed by atoms with E-state index in [9.17, 15) is 19.7 Å². The Balaban J connectivity index is 2.68. The summed E-state index contributed by atoms with van der Waals surface area (Å²) in [5.74, 6) is -0.805. The van der Waals surface area contributed by atoms with Crippen molar-refractivity contribution in [3.63, 3.8) is 0 Å². The number of amides is 2. The van der Waals surface area contributed by atoms with Crippen molar-refractivity contribution in [1.29, 1.82) is 0 Å². The van der Waals surface area contributed by atoms with Gasteiger partial charge in [-0.2, -0.15) is 0 Å². The highest BCUT2D eigenvalue weighted by molar-refractivity contribution is 5.98. The molecule has 0 unspecified atom stereocenters. The number of hydrogen-bond donors (Lipinski definition) is 3. The summed E-state index contributed by atoms with van der Waals surface area (Å²) in [7, 11) is 0. The van der Waals surface area contributed by atoms with Gasteiger partial charge in [0.05, 0.1) is 17.0 Å². The Kier molecular flexibility index (Phi) is 4.57. The van der Waals surface area contributed by atoms with Crippen LogP contribution >= 0.6 is 0 Å². The topological polar surface area (TPSA) is 163 Å². The van der Waals surface area contributed by atoms with Crippen LogP contribution in [-0.4, -0.2) is 35.1 Å². The number of carbonyl (C=O) groups excluding carboxylic acids is 2. The van der Waals surface area contributed by atoms with Crippen molar-refractivity contribution < 1.29 is 19.2 Å². The molecule has 19 heavy (non-hydrogen) atoms. The molecule has 0 saturated heterocycles. The fourth-order valence-electron chi connectivity index (χ4n) is 1.16. The standard InChI is InChI=1S/C9H11N5O5/c10-7-6(3-5(4-13-7)14(17)18)8(15)12-1-2-19-9(11)16/h3-4H,1-2H2,(H2,10,13)(H2,11,16)(H,12,15). The van der Waals surface area contributed by atoms with Gasteiger partial charge in [0.15, 0.2) is 0 Å². The van der Waals surface area contributed by atoms with Gasteiger partial charge in [-0.15, -0.1) is 0 Å². The number of rotatable bonds is 5. The first-order valence-electron chi connectivity index (χ1n) is 5.02.